The maximum absolute atomic E-state index is 11.8. The smallest absolute Gasteiger partial charge is 0.408 e. The fraction of sp³-hybridized carbons (Fsp3) is 0.429. The molecule has 6 heteroatoms. The predicted molar refractivity (Wildman–Crippen MR) is 72.2 cm³/mol. The molecule has 3 rings (SSSR count). The molecule has 1 aliphatic carbocycles. The number of oxazole rings is 1. The van der Waals surface area contributed by atoms with E-state index >= 15 is 0 Å². The van der Waals surface area contributed by atoms with Crippen LogP contribution in [0.5, 0.6) is 0 Å². The standard InChI is InChI=1S/C14H16N2O4/c17-11(9-5-6-9)7-15-13(18)8-16-10-3-1-2-4-12(10)20-14(16)19/h1-4,9,11,17H,5-8H2,(H,15,18). The Kier molecular flexibility index (Phi) is 3.31. The number of benzene rings is 1. The molecule has 1 aromatic heterocycles. The molecule has 2 aromatic rings. The second kappa shape index (κ2) is 5.13. The Morgan fingerprint density at radius 3 is 2.95 bits per heavy atom. The number of fused-ring (bicyclic) bond motifs is 1. The Morgan fingerprint density at radius 2 is 2.20 bits per heavy atom. The number of nitrogens with zero attached hydrogens (tertiary/aromatic N) is 1. The Hall–Kier alpha value is -2.08. The monoisotopic (exact) mass is 276 g/mol. The van der Waals surface area contributed by atoms with Crippen LogP contribution in [-0.4, -0.2) is 28.2 Å². The summed E-state index contributed by atoms with van der Waals surface area (Å²) in [6, 6.07) is 6.96. The Bertz CT molecular complexity index is 684. The van der Waals surface area contributed by atoms with Crippen LogP contribution >= 0.6 is 0 Å². The molecule has 0 aliphatic heterocycles. The number of amides is 1. The summed E-state index contributed by atoms with van der Waals surface area (Å²) in [5.41, 5.74) is 1.05. The van der Waals surface area contributed by atoms with Gasteiger partial charge in [-0.05, 0) is 30.9 Å². The summed E-state index contributed by atoms with van der Waals surface area (Å²) in [6.07, 6.45) is 1.54. The Morgan fingerprint density at radius 1 is 1.45 bits per heavy atom. The number of aromatic nitrogens is 1. The van der Waals surface area contributed by atoms with Crippen molar-refractivity contribution in [3.63, 3.8) is 0 Å². The molecule has 6 nitrogen and oxygen atoms in total. The van der Waals surface area contributed by atoms with E-state index in [1.54, 1.807) is 24.3 Å². The van der Waals surface area contributed by atoms with Gasteiger partial charge in [-0.1, -0.05) is 12.1 Å². The number of para-hydroxylation sites is 2. The van der Waals surface area contributed by atoms with E-state index in [1.807, 2.05) is 0 Å². The van der Waals surface area contributed by atoms with Crippen LogP contribution in [0, 0.1) is 5.92 Å². The minimum atomic E-state index is -0.552. The molecule has 1 unspecified atom stereocenters. The SMILES string of the molecule is O=C(Cn1c(=O)oc2ccccc21)NCC(O)C1CC1. The maximum Gasteiger partial charge on any atom is 0.420 e. The zero-order valence-electron chi connectivity index (χ0n) is 10.9. The van der Waals surface area contributed by atoms with Gasteiger partial charge in [0.1, 0.15) is 6.54 Å². The van der Waals surface area contributed by atoms with Crippen molar-refractivity contribution in [1.82, 2.24) is 9.88 Å². The van der Waals surface area contributed by atoms with Crippen molar-refractivity contribution >= 4 is 17.0 Å². The summed E-state index contributed by atoms with van der Waals surface area (Å²) in [7, 11) is 0. The van der Waals surface area contributed by atoms with E-state index in [2.05, 4.69) is 5.32 Å². The summed E-state index contributed by atoms with van der Waals surface area (Å²) < 4.78 is 6.34. The first kappa shape index (κ1) is 12.9. The average Bonchev–Trinajstić information content (AvgIpc) is 3.23. The van der Waals surface area contributed by atoms with Crippen molar-refractivity contribution in [2.24, 2.45) is 5.92 Å². The fourth-order valence-electron chi connectivity index (χ4n) is 2.23. The fourth-order valence-corrected chi connectivity index (χ4v) is 2.23. The molecule has 1 aromatic carbocycles. The van der Waals surface area contributed by atoms with Crippen molar-refractivity contribution in [2.75, 3.05) is 6.54 Å². The van der Waals surface area contributed by atoms with E-state index in [4.69, 9.17) is 4.42 Å². The van der Waals surface area contributed by atoms with Gasteiger partial charge in [-0.3, -0.25) is 9.36 Å². The Balaban J connectivity index is 1.67. The minimum Gasteiger partial charge on any atom is -0.408 e. The van der Waals surface area contributed by atoms with E-state index in [-0.39, 0.29) is 19.0 Å². The average molecular weight is 276 g/mol. The normalized spacial score (nSPS) is 16.2. The van der Waals surface area contributed by atoms with Gasteiger partial charge in [0.15, 0.2) is 5.58 Å². The first-order chi connectivity index (χ1) is 9.65. The van der Waals surface area contributed by atoms with Gasteiger partial charge in [-0.15, -0.1) is 0 Å². The number of aliphatic hydroxyl groups excluding tert-OH is 1. The van der Waals surface area contributed by atoms with Crippen LogP contribution in [0.4, 0.5) is 0 Å². The van der Waals surface area contributed by atoms with Crippen molar-refractivity contribution in [1.29, 1.82) is 0 Å². The molecular formula is C14H16N2O4. The highest BCUT2D eigenvalue weighted by molar-refractivity contribution is 5.79. The minimum absolute atomic E-state index is 0.104. The molecule has 1 fully saturated rings. The summed E-state index contributed by atoms with van der Waals surface area (Å²) in [5.74, 6) is -0.546. The lowest BCUT2D eigenvalue weighted by atomic mass is 10.2. The summed E-state index contributed by atoms with van der Waals surface area (Å²) in [4.78, 5) is 23.5. The third kappa shape index (κ3) is 2.60. The lowest BCUT2D eigenvalue weighted by Gasteiger charge is -2.10. The van der Waals surface area contributed by atoms with E-state index in [9.17, 15) is 14.7 Å². The summed E-state index contributed by atoms with van der Waals surface area (Å²) in [6.45, 7) is 0.126. The lowest BCUT2D eigenvalue weighted by Crippen LogP contribution is -2.36. The first-order valence-corrected chi connectivity index (χ1v) is 6.68. The third-order valence-electron chi connectivity index (χ3n) is 3.55. The van der Waals surface area contributed by atoms with E-state index < -0.39 is 11.9 Å². The molecule has 1 heterocycles. The molecule has 106 valence electrons. The molecule has 1 atom stereocenters. The largest absolute Gasteiger partial charge is 0.420 e. The Labute approximate surface area is 115 Å². The number of aliphatic hydroxyl groups is 1. The summed E-state index contributed by atoms with van der Waals surface area (Å²) >= 11 is 0. The lowest BCUT2D eigenvalue weighted by molar-refractivity contribution is -0.122. The van der Waals surface area contributed by atoms with E-state index in [1.165, 1.54) is 4.57 Å². The van der Waals surface area contributed by atoms with Crippen molar-refractivity contribution < 1.29 is 14.3 Å². The van der Waals surface area contributed by atoms with Gasteiger partial charge in [0, 0.05) is 6.54 Å². The van der Waals surface area contributed by atoms with E-state index in [0.717, 1.165) is 12.8 Å². The molecule has 1 amide bonds. The van der Waals surface area contributed by atoms with Gasteiger partial charge in [0.2, 0.25) is 5.91 Å². The van der Waals surface area contributed by atoms with Gasteiger partial charge < -0.3 is 14.8 Å². The highest BCUT2D eigenvalue weighted by atomic mass is 16.4. The zero-order chi connectivity index (χ0) is 14.1. The van der Waals surface area contributed by atoms with Crippen LogP contribution < -0.4 is 11.1 Å². The highest BCUT2D eigenvalue weighted by Gasteiger charge is 2.29. The molecule has 20 heavy (non-hydrogen) atoms. The number of carbonyl (C=O) groups is 1. The van der Waals surface area contributed by atoms with E-state index in [0.29, 0.717) is 17.0 Å². The quantitative estimate of drug-likeness (QED) is 0.832. The number of rotatable bonds is 5. The number of hydrogen-bond donors (Lipinski definition) is 2. The van der Waals surface area contributed by atoms with Crippen LogP contribution in [-0.2, 0) is 11.3 Å². The van der Waals surface area contributed by atoms with Gasteiger partial charge >= 0.3 is 5.76 Å². The molecule has 2 N–H and O–H groups in total. The number of carbonyl (C=O) groups excluding carboxylic acids is 1. The molecule has 1 aliphatic rings. The van der Waals surface area contributed by atoms with Gasteiger partial charge in [-0.2, -0.15) is 0 Å². The summed E-state index contributed by atoms with van der Waals surface area (Å²) in [5, 5.41) is 12.3. The molecular weight excluding hydrogens is 260 g/mol. The second-order valence-corrected chi connectivity index (χ2v) is 5.13. The molecule has 0 saturated heterocycles. The molecule has 1 saturated carbocycles. The van der Waals surface area contributed by atoms with Crippen LogP contribution in [0.2, 0.25) is 0 Å². The van der Waals surface area contributed by atoms with Gasteiger partial charge in [-0.25, -0.2) is 4.79 Å². The number of nitrogens with one attached hydrogen (secondary N) is 1. The molecule has 0 spiro atoms. The maximum atomic E-state index is 11.8. The van der Waals surface area contributed by atoms with Crippen LogP contribution in [0.3, 0.4) is 0 Å². The predicted octanol–water partition coefficient (Wildman–Crippen LogP) is 0.482. The topological polar surface area (TPSA) is 84.5 Å². The molecule has 0 radical (unpaired) electrons. The zero-order valence-corrected chi connectivity index (χ0v) is 10.9. The second-order valence-electron chi connectivity index (χ2n) is 5.13. The van der Waals surface area contributed by atoms with Crippen LogP contribution in [0.25, 0.3) is 11.1 Å². The molecule has 0 bridgehead atoms. The first-order valence-electron chi connectivity index (χ1n) is 6.68. The van der Waals surface area contributed by atoms with Crippen LogP contribution in [0.15, 0.2) is 33.5 Å². The van der Waals surface area contributed by atoms with Crippen molar-refractivity contribution in [2.45, 2.75) is 25.5 Å². The van der Waals surface area contributed by atoms with Crippen molar-refractivity contribution in [3.8, 4) is 0 Å². The highest BCUT2D eigenvalue weighted by Crippen LogP contribution is 2.32. The third-order valence-corrected chi connectivity index (χ3v) is 3.55. The van der Waals surface area contributed by atoms with Crippen molar-refractivity contribution in [3.05, 3.63) is 34.8 Å². The van der Waals surface area contributed by atoms with Crippen LogP contribution in [0.1, 0.15) is 12.8 Å². The number of hydrogen-bond acceptors (Lipinski definition) is 4. The van der Waals surface area contributed by atoms with Gasteiger partial charge in [0.25, 0.3) is 0 Å². The van der Waals surface area contributed by atoms with Gasteiger partial charge in [0.05, 0.1) is 11.6 Å².